The van der Waals surface area contributed by atoms with E-state index in [-0.39, 0.29) is 17.9 Å². The van der Waals surface area contributed by atoms with Crippen molar-refractivity contribution in [1.82, 2.24) is 10.2 Å². The molecule has 0 aromatic carbocycles. The van der Waals surface area contributed by atoms with E-state index in [0.29, 0.717) is 13.0 Å². The van der Waals surface area contributed by atoms with Gasteiger partial charge in [-0.25, -0.2) is 0 Å². The van der Waals surface area contributed by atoms with Gasteiger partial charge in [-0.15, -0.1) is 0 Å². The topological polar surface area (TPSA) is 58.6 Å². The highest BCUT2D eigenvalue weighted by Crippen LogP contribution is 2.17. The van der Waals surface area contributed by atoms with Crippen molar-refractivity contribution in [2.24, 2.45) is 0 Å². The summed E-state index contributed by atoms with van der Waals surface area (Å²) in [6.45, 7) is 1.49. The molecule has 86 valence electrons. The van der Waals surface area contributed by atoms with Crippen molar-refractivity contribution in [1.29, 1.82) is 0 Å². The number of carbonyl (C=O) groups is 2. The molecule has 15 heavy (non-hydrogen) atoms. The molecule has 1 aliphatic heterocycles. The molecule has 1 unspecified atom stereocenters. The molecule has 1 amide bonds. The SMILES string of the molecule is CNC(=O)C1CCCN1CCC(=O)OC. The van der Waals surface area contributed by atoms with Gasteiger partial charge in [0.2, 0.25) is 5.91 Å². The number of rotatable bonds is 4. The Morgan fingerprint density at radius 3 is 2.87 bits per heavy atom. The minimum Gasteiger partial charge on any atom is -0.469 e. The first-order valence-electron chi connectivity index (χ1n) is 5.21. The maximum absolute atomic E-state index is 11.5. The molecule has 1 heterocycles. The van der Waals surface area contributed by atoms with Gasteiger partial charge in [0.05, 0.1) is 19.6 Å². The van der Waals surface area contributed by atoms with E-state index in [2.05, 4.69) is 10.1 Å². The lowest BCUT2D eigenvalue weighted by molar-refractivity contribution is -0.141. The van der Waals surface area contributed by atoms with Crippen LogP contribution in [-0.2, 0) is 14.3 Å². The second-order valence-corrected chi connectivity index (χ2v) is 3.63. The summed E-state index contributed by atoms with van der Waals surface area (Å²) in [4.78, 5) is 24.5. The van der Waals surface area contributed by atoms with E-state index >= 15 is 0 Å². The van der Waals surface area contributed by atoms with Crippen LogP contribution in [0.25, 0.3) is 0 Å². The average Bonchev–Trinajstić information content (AvgIpc) is 2.72. The van der Waals surface area contributed by atoms with Crippen LogP contribution < -0.4 is 5.32 Å². The van der Waals surface area contributed by atoms with Crippen LogP contribution in [-0.4, -0.2) is 50.1 Å². The molecule has 1 atom stereocenters. The van der Waals surface area contributed by atoms with Crippen LogP contribution in [0.5, 0.6) is 0 Å². The molecular formula is C10H18N2O3. The highest BCUT2D eigenvalue weighted by atomic mass is 16.5. The molecule has 0 aromatic heterocycles. The zero-order valence-corrected chi connectivity index (χ0v) is 9.28. The van der Waals surface area contributed by atoms with E-state index in [1.165, 1.54) is 7.11 Å². The molecule has 0 bridgehead atoms. The summed E-state index contributed by atoms with van der Waals surface area (Å²) in [7, 11) is 3.02. The van der Waals surface area contributed by atoms with E-state index < -0.39 is 0 Å². The molecule has 0 aliphatic carbocycles. The van der Waals surface area contributed by atoms with Crippen molar-refractivity contribution < 1.29 is 14.3 Å². The van der Waals surface area contributed by atoms with Gasteiger partial charge in [0.1, 0.15) is 0 Å². The standard InChI is InChI=1S/C10H18N2O3/c1-11-10(14)8-4-3-6-12(8)7-5-9(13)15-2/h8H,3-7H2,1-2H3,(H,11,14). The summed E-state index contributed by atoms with van der Waals surface area (Å²) >= 11 is 0. The van der Waals surface area contributed by atoms with Crippen LogP contribution in [0, 0.1) is 0 Å². The quantitative estimate of drug-likeness (QED) is 0.656. The predicted molar refractivity (Wildman–Crippen MR) is 55.3 cm³/mol. The molecule has 0 radical (unpaired) electrons. The minimum atomic E-state index is -0.224. The molecule has 0 spiro atoms. The van der Waals surface area contributed by atoms with Gasteiger partial charge >= 0.3 is 5.97 Å². The Labute approximate surface area is 89.8 Å². The largest absolute Gasteiger partial charge is 0.469 e. The third-order valence-electron chi connectivity index (χ3n) is 2.74. The van der Waals surface area contributed by atoms with Crippen molar-refractivity contribution in [2.75, 3.05) is 27.2 Å². The van der Waals surface area contributed by atoms with Crippen molar-refractivity contribution in [3.63, 3.8) is 0 Å². The first kappa shape index (κ1) is 12.0. The zero-order valence-electron chi connectivity index (χ0n) is 9.28. The molecule has 1 N–H and O–H groups in total. The number of likely N-dealkylation sites (tertiary alicyclic amines) is 1. The smallest absolute Gasteiger partial charge is 0.306 e. The molecule has 1 aliphatic rings. The van der Waals surface area contributed by atoms with Crippen LogP contribution in [0.3, 0.4) is 0 Å². The maximum atomic E-state index is 11.5. The normalized spacial score (nSPS) is 21.3. The molecule has 1 saturated heterocycles. The molecule has 1 rings (SSSR count). The van der Waals surface area contributed by atoms with Crippen LogP contribution >= 0.6 is 0 Å². The second-order valence-electron chi connectivity index (χ2n) is 3.63. The van der Waals surface area contributed by atoms with Gasteiger partial charge in [-0.05, 0) is 19.4 Å². The summed E-state index contributed by atoms with van der Waals surface area (Å²) < 4.78 is 4.57. The number of ether oxygens (including phenoxy) is 1. The lowest BCUT2D eigenvalue weighted by Crippen LogP contribution is -2.42. The van der Waals surface area contributed by atoms with Crippen molar-refractivity contribution in [3.05, 3.63) is 0 Å². The van der Waals surface area contributed by atoms with E-state index in [0.717, 1.165) is 19.4 Å². The number of methoxy groups -OCH3 is 1. The van der Waals surface area contributed by atoms with Crippen LogP contribution in [0.15, 0.2) is 0 Å². The summed E-state index contributed by atoms with van der Waals surface area (Å²) in [5, 5.41) is 2.64. The van der Waals surface area contributed by atoms with Crippen molar-refractivity contribution in [3.8, 4) is 0 Å². The van der Waals surface area contributed by atoms with E-state index in [9.17, 15) is 9.59 Å². The molecule has 5 nitrogen and oxygen atoms in total. The van der Waals surface area contributed by atoms with Crippen molar-refractivity contribution in [2.45, 2.75) is 25.3 Å². The summed E-state index contributed by atoms with van der Waals surface area (Å²) in [6, 6.07) is -0.0698. The Morgan fingerprint density at radius 2 is 2.27 bits per heavy atom. The fraction of sp³-hybridized carbons (Fsp3) is 0.800. The minimum absolute atomic E-state index is 0.0392. The lowest BCUT2D eigenvalue weighted by Gasteiger charge is -2.22. The molecule has 0 saturated carbocycles. The Balaban J connectivity index is 2.39. The molecule has 0 aromatic rings. The van der Waals surface area contributed by atoms with E-state index in [4.69, 9.17) is 0 Å². The molecule has 1 fully saturated rings. The summed E-state index contributed by atoms with van der Waals surface area (Å²) in [5.74, 6) is -0.185. The maximum Gasteiger partial charge on any atom is 0.306 e. The highest BCUT2D eigenvalue weighted by molar-refractivity contribution is 5.81. The molecule has 5 heteroatoms. The number of nitrogens with one attached hydrogen (secondary N) is 1. The van der Waals surface area contributed by atoms with Crippen LogP contribution in [0.4, 0.5) is 0 Å². The Morgan fingerprint density at radius 1 is 1.53 bits per heavy atom. The Hall–Kier alpha value is -1.10. The first-order chi connectivity index (χ1) is 7.19. The van der Waals surface area contributed by atoms with Gasteiger partial charge in [-0.3, -0.25) is 14.5 Å². The van der Waals surface area contributed by atoms with E-state index in [1.807, 2.05) is 4.90 Å². The van der Waals surface area contributed by atoms with Gasteiger partial charge in [-0.2, -0.15) is 0 Å². The van der Waals surface area contributed by atoms with Gasteiger partial charge in [-0.1, -0.05) is 0 Å². The average molecular weight is 214 g/mol. The van der Waals surface area contributed by atoms with E-state index in [1.54, 1.807) is 7.05 Å². The first-order valence-corrected chi connectivity index (χ1v) is 5.21. The van der Waals surface area contributed by atoms with Crippen molar-refractivity contribution >= 4 is 11.9 Å². The monoisotopic (exact) mass is 214 g/mol. The van der Waals surface area contributed by atoms with Crippen LogP contribution in [0.2, 0.25) is 0 Å². The number of carbonyl (C=O) groups excluding carboxylic acids is 2. The van der Waals surface area contributed by atoms with Gasteiger partial charge in [0.15, 0.2) is 0 Å². The third-order valence-corrected chi connectivity index (χ3v) is 2.74. The lowest BCUT2D eigenvalue weighted by atomic mass is 10.2. The third kappa shape index (κ3) is 3.20. The number of esters is 1. The number of likely N-dealkylation sites (N-methyl/N-ethyl adjacent to an activating group) is 1. The van der Waals surface area contributed by atoms with Gasteiger partial charge in [0, 0.05) is 13.6 Å². The zero-order chi connectivity index (χ0) is 11.3. The van der Waals surface area contributed by atoms with Gasteiger partial charge < -0.3 is 10.1 Å². The number of hydrogen-bond acceptors (Lipinski definition) is 4. The molecular weight excluding hydrogens is 196 g/mol. The second kappa shape index (κ2) is 5.70. The van der Waals surface area contributed by atoms with Gasteiger partial charge in [0.25, 0.3) is 0 Å². The fourth-order valence-corrected chi connectivity index (χ4v) is 1.89. The fourth-order valence-electron chi connectivity index (χ4n) is 1.89. The Kier molecular flexibility index (Phi) is 4.55. The van der Waals surface area contributed by atoms with Crippen LogP contribution in [0.1, 0.15) is 19.3 Å². The number of hydrogen-bond donors (Lipinski definition) is 1. The number of amides is 1. The summed E-state index contributed by atoms with van der Waals surface area (Å²) in [5.41, 5.74) is 0. The Bertz CT molecular complexity index is 243. The number of nitrogens with zero attached hydrogens (tertiary/aromatic N) is 1. The highest BCUT2D eigenvalue weighted by Gasteiger charge is 2.29. The predicted octanol–water partition coefficient (Wildman–Crippen LogP) is -0.240. The summed E-state index contributed by atoms with van der Waals surface area (Å²) in [6.07, 6.45) is 2.24.